The van der Waals surface area contributed by atoms with Gasteiger partial charge in [-0.25, -0.2) is 4.79 Å². The number of carboxylic acids is 1. The van der Waals surface area contributed by atoms with Crippen LogP contribution >= 0.6 is 11.8 Å². The average molecular weight is 287 g/mol. The third kappa shape index (κ3) is 3.42. The topological polar surface area (TPSA) is 66.8 Å². The fourth-order valence-electron chi connectivity index (χ4n) is 2.66. The molecule has 2 saturated heterocycles. The van der Waals surface area contributed by atoms with Crippen molar-refractivity contribution in [2.45, 2.75) is 56.5 Å². The van der Waals surface area contributed by atoms with Crippen LogP contribution in [0.2, 0.25) is 0 Å². The van der Waals surface area contributed by atoms with E-state index < -0.39 is 12.0 Å². The zero-order chi connectivity index (χ0) is 13.8. The van der Waals surface area contributed by atoms with E-state index in [4.69, 9.17) is 4.74 Å². The number of nitrogens with zero attached hydrogens (tertiary/aromatic N) is 1. The second-order valence-electron chi connectivity index (χ2n) is 5.07. The Morgan fingerprint density at radius 3 is 2.84 bits per heavy atom. The van der Waals surface area contributed by atoms with Crippen LogP contribution in [0.4, 0.5) is 0 Å². The first-order valence-corrected chi connectivity index (χ1v) is 7.95. The van der Waals surface area contributed by atoms with Crippen LogP contribution in [-0.4, -0.2) is 51.8 Å². The van der Waals surface area contributed by atoms with E-state index in [-0.39, 0.29) is 17.4 Å². The predicted molar refractivity (Wildman–Crippen MR) is 73.0 cm³/mol. The smallest absolute Gasteiger partial charge is 0.327 e. The Morgan fingerprint density at radius 2 is 2.26 bits per heavy atom. The molecule has 108 valence electrons. The average Bonchev–Trinajstić information content (AvgIpc) is 2.98. The van der Waals surface area contributed by atoms with Crippen molar-refractivity contribution < 1.29 is 19.4 Å². The van der Waals surface area contributed by atoms with Gasteiger partial charge in [-0.15, -0.1) is 11.8 Å². The Morgan fingerprint density at radius 1 is 1.47 bits per heavy atom. The summed E-state index contributed by atoms with van der Waals surface area (Å²) >= 11 is 1.58. The molecule has 0 aromatic carbocycles. The molecule has 0 aromatic rings. The molecule has 2 rings (SSSR count). The molecule has 2 fully saturated rings. The minimum atomic E-state index is -0.896. The molecule has 0 radical (unpaired) electrons. The summed E-state index contributed by atoms with van der Waals surface area (Å²) in [7, 11) is 0. The van der Waals surface area contributed by atoms with Crippen molar-refractivity contribution in [2.24, 2.45) is 0 Å². The Balaban J connectivity index is 2.01. The van der Waals surface area contributed by atoms with Gasteiger partial charge in [0.2, 0.25) is 5.91 Å². The molecule has 0 saturated carbocycles. The van der Waals surface area contributed by atoms with Crippen LogP contribution < -0.4 is 0 Å². The molecule has 0 spiro atoms. The minimum Gasteiger partial charge on any atom is -0.480 e. The molecule has 2 aliphatic rings. The molecule has 1 amide bonds. The molecular formula is C13H21NO4S. The highest BCUT2D eigenvalue weighted by atomic mass is 32.2. The minimum absolute atomic E-state index is 0.0139. The van der Waals surface area contributed by atoms with E-state index in [0.717, 1.165) is 25.7 Å². The summed E-state index contributed by atoms with van der Waals surface area (Å²) in [5, 5.41) is 9.25. The second kappa shape index (κ2) is 6.61. The van der Waals surface area contributed by atoms with E-state index >= 15 is 0 Å². The van der Waals surface area contributed by atoms with E-state index in [1.54, 1.807) is 16.7 Å². The molecule has 1 N–H and O–H groups in total. The lowest BCUT2D eigenvalue weighted by atomic mass is 10.1. The van der Waals surface area contributed by atoms with Crippen LogP contribution in [0.15, 0.2) is 0 Å². The summed E-state index contributed by atoms with van der Waals surface area (Å²) in [5.41, 5.74) is 0. The van der Waals surface area contributed by atoms with Crippen LogP contribution in [0.25, 0.3) is 0 Å². The van der Waals surface area contributed by atoms with Crippen molar-refractivity contribution in [2.75, 3.05) is 12.4 Å². The maximum absolute atomic E-state index is 12.4. The highest BCUT2D eigenvalue weighted by Gasteiger charge is 2.41. The summed E-state index contributed by atoms with van der Waals surface area (Å²) in [6.07, 6.45) is 4.01. The van der Waals surface area contributed by atoms with Gasteiger partial charge >= 0.3 is 5.97 Å². The molecular weight excluding hydrogens is 266 g/mol. The van der Waals surface area contributed by atoms with Crippen LogP contribution in [0, 0.1) is 0 Å². The van der Waals surface area contributed by atoms with Gasteiger partial charge in [0.1, 0.15) is 6.04 Å². The number of carboxylic acid groups (broad SMARTS) is 1. The lowest BCUT2D eigenvalue weighted by Gasteiger charge is -2.28. The van der Waals surface area contributed by atoms with Crippen molar-refractivity contribution in [1.82, 2.24) is 4.90 Å². The molecule has 2 aliphatic heterocycles. The van der Waals surface area contributed by atoms with Crippen LogP contribution in [0.1, 0.15) is 39.0 Å². The number of thioether (sulfide) groups is 1. The predicted octanol–water partition coefficient (Wildman–Crippen LogP) is 1.71. The van der Waals surface area contributed by atoms with Gasteiger partial charge in [-0.05, 0) is 19.3 Å². The third-order valence-corrected chi connectivity index (χ3v) is 4.98. The largest absolute Gasteiger partial charge is 0.480 e. The van der Waals surface area contributed by atoms with Crippen molar-refractivity contribution in [3.63, 3.8) is 0 Å². The molecule has 0 aliphatic carbocycles. The maximum atomic E-state index is 12.4. The Bertz CT molecular complexity index is 344. The number of hydrogen-bond donors (Lipinski definition) is 1. The standard InChI is InChI=1S/C13H21NO4S/c1-2-4-12-14(10(8-19-12)13(16)17)11(15)7-9-5-3-6-18-9/h9-10,12H,2-8H2,1H3,(H,16,17). The molecule has 2 heterocycles. The zero-order valence-electron chi connectivity index (χ0n) is 11.2. The lowest BCUT2D eigenvalue weighted by Crippen LogP contribution is -2.46. The normalized spacial score (nSPS) is 30.8. The summed E-state index contributed by atoms with van der Waals surface area (Å²) in [5.74, 6) is -0.466. The van der Waals surface area contributed by atoms with Gasteiger partial charge in [0.05, 0.1) is 17.9 Å². The first kappa shape index (κ1) is 14.7. The fourth-order valence-corrected chi connectivity index (χ4v) is 4.20. The first-order valence-electron chi connectivity index (χ1n) is 6.90. The molecule has 3 atom stereocenters. The van der Waals surface area contributed by atoms with E-state index in [0.29, 0.717) is 18.8 Å². The highest BCUT2D eigenvalue weighted by molar-refractivity contribution is 8.00. The molecule has 3 unspecified atom stereocenters. The summed E-state index contributed by atoms with van der Waals surface area (Å²) in [6.45, 7) is 2.77. The summed E-state index contributed by atoms with van der Waals surface area (Å²) in [6, 6.07) is -0.671. The zero-order valence-corrected chi connectivity index (χ0v) is 12.0. The Kier molecular flexibility index (Phi) is 5.10. The molecule has 5 nitrogen and oxygen atoms in total. The van der Waals surface area contributed by atoms with Gasteiger partial charge in [-0.1, -0.05) is 13.3 Å². The van der Waals surface area contributed by atoms with E-state index in [1.807, 2.05) is 0 Å². The molecule has 0 aromatic heterocycles. The summed E-state index contributed by atoms with van der Waals surface area (Å²) < 4.78 is 5.47. The number of rotatable bonds is 5. The first-order chi connectivity index (χ1) is 9.13. The Labute approximate surface area is 117 Å². The maximum Gasteiger partial charge on any atom is 0.327 e. The molecule has 6 heteroatoms. The van der Waals surface area contributed by atoms with E-state index in [9.17, 15) is 14.7 Å². The lowest BCUT2D eigenvalue weighted by molar-refractivity contribution is -0.150. The number of ether oxygens (including phenoxy) is 1. The van der Waals surface area contributed by atoms with Gasteiger partial charge in [0.15, 0.2) is 0 Å². The van der Waals surface area contributed by atoms with Gasteiger partial charge < -0.3 is 14.7 Å². The van der Waals surface area contributed by atoms with Crippen molar-refractivity contribution in [1.29, 1.82) is 0 Å². The second-order valence-corrected chi connectivity index (χ2v) is 6.28. The van der Waals surface area contributed by atoms with Crippen molar-refractivity contribution in [3.05, 3.63) is 0 Å². The number of amides is 1. The number of hydrogen-bond acceptors (Lipinski definition) is 4. The van der Waals surface area contributed by atoms with Crippen LogP contribution in [0.5, 0.6) is 0 Å². The summed E-state index contributed by atoms with van der Waals surface area (Å²) in [4.78, 5) is 25.2. The molecule has 0 bridgehead atoms. The van der Waals surface area contributed by atoms with Crippen molar-refractivity contribution >= 4 is 23.6 Å². The van der Waals surface area contributed by atoms with Crippen LogP contribution in [-0.2, 0) is 14.3 Å². The van der Waals surface area contributed by atoms with E-state index in [1.165, 1.54) is 0 Å². The monoisotopic (exact) mass is 287 g/mol. The number of carbonyl (C=O) groups is 2. The quantitative estimate of drug-likeness (QED) is 0.834. The Hall–Kier alpha value is -0.750. The fraction of sp³-hybridized carbons (Fsp3) is 0.846. The number of carbonyl (C=O) groups excluding carboxylic acids is 1. The van der Waals surface area contributed by atoms with Gasteiger partial charge in [0, 0.05) is 12.4 Å². The van der Waals surface area contributed by atoms with Gasteiger partial charge in [-0.2, -0.15) is 0 Å². The highest BCUT2D eigenvalue weighted by Crippen LogP contribution is 2.33. The van der Waals surface area contributed by atoms with Crippen molar-refractivity contribution in [3.8, 4) is 0 Å². The van der Waals surface area contributed by atoms with Crippen LogP contribution in [0.3, 0.4) is 0 Å². The van der Waals surface area contributed by atoms with E-state index in [2.05, 4.69) is 6.92 Å². The van der Waals surface area contributed by atoms with Gasteiger partial charge in [-0.3, -0.25) is 4.79 Å². The SMILES string of the molecule is CCCC1SCC(C(=O)O)N1C(=O)CC1CCCO1. The van der Waals surface area contributed by atoms with Gasteiger partial charge in [0.25, 0.3) is 0 Å². The molecule has 19 heavy (non-hydrogen) atoms. The number of aliphatic carboxylic acids is 1. The third-order valence-electron chi connectivity index (χ3n) is 3.63.